The lowest BCUT2D eigenvalue weighted by Gasteiger charge is -2.38. The summed E-state index contributed by atoms with van der Waals surface area (Å²) in [6, 6.07) is 7.77. The van der Waals surface area contributed by atoms with Gasteiger partial charge in [-0.1, -0.05) is 23.4 Å². The number of ether oxygens (including phenoxy) is 1. The Hall–Kier alpha value is -2.18. The molecule has 0 unspecified atom stereocenters. The van der Waals surface area contributed by atoms with Crippen molar-refractivity contribution < 1.29 is 13.7 Å². The third kappa shape index (κ3) is 2.22. The number of hydrogen-bond acceptors (Lipinski definition) is 6. The molecular weight excluding hydrogens is 270 g/mol. The SMILES string of the molecule is CC1(OCc2nc(-c3coc4ccccc34)no2)CNC1. The van der Waals surface area contributed by atoms with Crippen LogP contribution in [0.1, 0.15) is 12.8 Å². The molecular formula is C15H15N3O3. The van der Waals surface area contributed by atoms with Crippen molar-refractivity contribution in [2.24, 2.45) is 0 Å². The van der Waals surface area contributed by atoms with E-state index in [0.717, 1.165) is 29.6 Å². The number of rotatable bonds is 4. The highest BCUT2D eigenvalue weighted by Gasteiger charge is 2.33. The van der Waals surface area contributed by atoms with Crippen molar-refractivity contribution in [1.82, 2.24) is 15.5 Å². The summed E-state index contributed by atoms with van der Waals surface area (Å²) in [6.45, 7) is 4.08. The molecule has 0 amide bonds. The molecule has 3 aromatic rings. The van der Waals surface area contributed by atoms with Crippen LogP contribution in [-0.4, -0.2) is 28.8 Å². The van der Waals surface area contributed by atoms with Crippen molar-refractivity contribution in [3.63, 3.8) is 0 Å². The molecule has 0 radical (unpaired) electrons. The summed E-state index contributed by atoms with van der Waals surface area (Å²) in [5, 5.41) is 8.17. The Morgan fingerprint density at radius 1 is 1.33 bits per heavy atom. The van der Waals surface area contributed by atoms with Crippen LogP contribution in [0.25, 0.3) is 22.4 Å². The van der Waals surface area contributed by atoms with Crippen LogP contribution >= 0.6 is 0 Å². The van der Waals surface area contributed by atoms with Gasteiger partial charge in [0, 0.05) is 18.5 Å². The Bertz CT molecular complexity index is 773. The number of furan rings is 1. The first-order chi connectivity index (χ1) is 10.2. The van der Waals surface area contributed by atoms with Gasteiger partial charge in [-0.3, -0.25) is 0 Å². The van der Waals surface area contributed by atoms with Gasteiger partial charge in [-0.15, -0.1) is 0 Å². The third-order valence-electron chi connectivity index (χ3n) is 3.73. The molecule has 0 atom stereocenters. The van der Waals surface area contributed by atoms with Crippen LogP contribution in [0.5, 0.6) is 0 Å². The van der Waals surface area contributed by atoms with Crippen molar-refractivity contribution in [3.05, 3.63) is 36.4 Å². The van der Waals surface area contributed by atoms with Gasteiger partial charge in [0.25, 0.3) is 5.89 Å². The normalized spacial score (nSPS) is 17.0. The molecule has 6 heteroatoms. The summed E-state index contributed by atoms with van der Waals surface area (Å²) in [4.78, 5) is 4.38. The molecule has 0 spiro atoms. The molecule has 0 bridgehead atoms. The van der Waals surface area contributed by atoms with Crippen LogP contribution in [0, 0.1) is 0 Å². The standard InChI is InChI=1S/C15H15N3O3/c1-15(8-16-9-15)20-7-13-17-14(18-21-13)11-6-19-12-5-3-2-4-10(11)12/h2-6,16H,7-9H2,1H3. The minimum absolute atomic E-state index is 0.128. The zero-order chi connectivity index (χ0) is 14.3. The van der Waals surface area contributed by atoms with E-state index in [1.807, 2.05) is 24.3 Å². The summed E-state index contributed by atoms with van der Waals surface area (Å²) in [5.74, 6) is 0.999. The Balaban J connectivity index is 1.56. The molecule has 0 saturated carbocycles. The van der Waals surface area contributed by atoms with Crippen LogP contribution in [0.2, 0.25) is 0 Å². The summed E-state index contributed by atoms with van der Waals surface area (Å²) < 4.78 is 16.5. The Kier molecular flexibility index (Phi) is 2.80. The van der Waals surface area contributed by atoms with Gasteiger partial charge in [0.2, 0.25) is 5.82 Å². The van der Waals surface area contributed by atoms with E-state index in [1.165, 1.54) is 0 Å². The fourth-order valence-corrected chi connectivity index (χ4v) is 2.39. The van der Waals surface area contributed by atoms with Gasteiger partial charge >= 0.3 is 0 Å². The smallest absolute Gasteiger partial charge is 0.252 e. The van der Waals surface area contributed by atoms with Crippen LogP contribution in [0.3, 0.4) is 0 Å². The molecule has 2 aromatic heterocycles. The molecule has 1 fully saturated rings. The minimum atomic E-state index is -0.128. The van der Waals surface area contributed by atoms with Crippen LogP contribution in [-0.2, 0) is 11.3 Å². The van der Waals surface area contributed by atoms with Crippen LogP contribution in [0.4, 0.5) is 0 Å². The van der Waals surface area contributed by atoms with Gasteiger partial charge in [-0.05, 0) is 13.0 Å². The molecule has 6 nitrogen and oxygen atoms in total. The highest BCUT2D eigenvalue weighted by Crippen LogP contribution is 2.28. The highest BCUT2D eigenvalue weighted by molar-refractivity contribution is 5.91. The molecule has 4 rings (SSSR count). The quantitative estimate of drug-likeness (QED) is 0.793. The van der Waals surface area contributed by atoms with Gasteiger partial charge < -0.3 is 19.0 Å². The highest BCUT2D eigenvalue weighted by atomic mass is 16.5. The number of fused-ring (bicyclic) bond motifs is 1. The number of para-hydroxylation sites is 1. The fourth-order valence-electron chi connectivity index (χ4n) is 2.39. The topological polar surface area (TPSA) is 73.3 Å². The lowest BCUT2D eigenvalue weighted by molar-refractivity contribution is -0.0841. The number of aromatic nitrogens is 2. The van der Waals surface area contributed by atoms with E-state index in [4.69, 9.17) is 13.7 Å². The molecule has 1 saturated heterocycles. The minimum Gasteiger partial charge on any atom is -0.464 e. The zero-order valence-corrected chi connectivity index (χ0v) is 11.6. The van der Waals surface area contributed by atoms with Gasteiger partial charge in [-0.25, -0.2) is 0 Å². The molecule has 0 aliphatic carbocycles. The number of hydrogen-bond donors (Lipinski definition) is 1. The van der Waals surface area contributed by atoms with E-state index >= 15 is 0 Å². The number of benzene rings is 1. The summed E-state index contributed by atoms with van der Waals surface area (Å²) in [5.41, 5.74) is 1.51. The average Bonchev–Trinajstić information content (AvgIpc) is 3.09. The van der Waals surface area contributed by atoms with E-state index in [2.05, 4.69) is 22.4 Å². The Morgan fingerprint density at radius 3 is 3.00 bits per heavy atom. The molecule has 1 aromatic carbocycles. The Morgan fingerprint density at radius 2 is 2.19 bits per heavy atom. The predicted molar refractivity (Wildman–Crippen MR) is 75.6 cm³/mol. The second kappa shape index (κ2) is 4.68. The lowest BCUT2D eigenvalue weighted by atomic mass is 10.0. The van der Waals surface area contributed by atoms with Crippen LogP contribution < -0.4 is 5.32 Å². The van der Waals surface area contributed by atoms with Gasteiger partial charge in [0.05, 0.1) is 11.2 Å². The van der Waals surface area contributed by atoms with Gasteiger partial charge in [-0.2, -0.15) is 4.98 Å². The predicted octanol–water partition coefficient (Wildman–Crippen LogP) is 2.36. The van der Waals surface area contributed by atoms with E-state index in [-0.39, 0.29) is 5.60 Å². The van der Waals surface area contributed by atoms with Crippen molar-refractivity contribution in [3.8, 4) is 11.4 Å². The van der Waals surface area contributed by atoms with Gasteiger partial charge in [0.1, 0.15) is 18.5 Å². The first kappa shape index (κ1) is 12.6. The maximum absolute atomic E-state index is 5.79. The largest absolute Gasteiger partial charge is 0.464 e. The number of nitrogens with one attached hydrogen (secondary N) is 1. The van der Waals surface area contributed by atoms with E-state index in [0.29, 0.717) is 18.3 Å². The molecule has 1 aliphatic heterocycles. The van der Waals surface area contributed by atoms with Crippen molar-refractivity contribution in [2.45, 2.75) is 19.1 Å². The Labute approximate surface area is 121 Å². The average molecular weight is 285 g/mol. The van der Waals surface area contributed by atoms with E-state index in [1.54, 1.807) is 6.26 Å². The van der Waals surface area contributed by atoms with E-state index in [9.17, 15) is 0 Å². The fraction of sp³-hybridized carbons (Fsp3) is 0.333. The zero-order valence-electron chi connectivity index (χ0n) is 11.6. The third-order valence-corrected chi connectivity index (χ3v) is 3.73. The van der Waals surface area contributed by atoms with Gasteiger partial charge in [0.15, 0.2) is 0 Å². The molecule has 21 heavy (non-hydrogen) atoms. The first-order valence-electron chi connectivity index (χ1n) is 6.87. The van der Waals surface area contributed by atoms with Crippen molar-refractivity contribution in [2.75, 3.05) is 13.1 Å². The maximum Gasteiger partial charge on any atom is 0.252 e. The molecule has 1 N–H and O–H groups in total. The van der Waals surface area contributed by atoms with Crippen molar-refractivity contribution in [1.29, 1.82) is 0 Å². The van der Waals surface area contributed by atoms with Crippen LogP contribution in [0.15, 0.2) is 39.5 Å². The molecule has 108 valence electrons. The molecule has 1 aliphatic rings. The van der Waals surface area contributed by atoms with E-state index < -0.39 is 0 Å². The summed E-state index contributed by atoms with van der Waals surface area (Å²) >= 11 is 0. The lowest BCUT2D eigenvalue weighted by Crippen LogP contribution is -2.58. The maximum atomic E-state index is 5.79. The van der Waals surface area contributed by atoms with Crippen molar-refractivity contribution >= 4 is 11.0 Å². The number of nitrogens with zero attached hydrogens (tertiary/aromatic N) is 2. The first-order valence-corrected chi connectivity index (χ1v) is 6.87. The summed E-state index contributed by atoms with van der Waals surface area (Å²) in [7, 11) is 0. The molecule has 3 heterocycles. The second-order valence-electron chi connectivity index (χ2n) is 5.50. The second-order valence-corrected chi connectivity index (χ2v) is 5.50. The summed E-state index contributed by atoms with van der Waals surface area (Å²) in [6.07, 6.45) is 1.65. The monoisotopic (exact) mass is 285 g/mol.